The Kier molecular flexibility index (Phi) is 2.56. The van der Waals surface area contributed by atoms with Gasteiger partial charge in [-0.25, -0.2) is 0 Å². The van der Waals surface area contributed by atoms with Crippen molar-refractivity contribution in [1.82, 2.24) is 0 Å². The summed E-state index contributed by atoms with van der Waals surface area (Å²) in [4.78, 5) is 0. The molecule has 0 aromatic carbocycles. The summed E-state index contributed by atoms with van der Waals surface area (Å²) in [7, 11) is -3.39. The van der Waals surface area contributed by atoms with Crippen LogP contribution in [-0.4, -0.2) is 34.5 Å². The zero-order valence-electron chi connectivity index (χ0n) is 7.55. The lowest BCUT2D eigenvalue weighted by atomic mass is 10.1. The lowest BCUT2D eigenvalue weighted by Gasteiger charge is -2.08. The number of sulfonamides is 1. The van der Waals surface area contributed by atoms with Gasteiger partial charge in [-0.05, 0) is 6.42 Å². The lowest BCUT2D eigenvalue weighted by Crippen LogP contribution is -2.09. The Morgan fingerprint density at radius 1 is 1.64 bits per heavy atom. The van der Waals surface area contributed by atoms with E-state index in [4.69, 9.17) is 9.47 Å². The van der Waals surface area contributed by atoms with Crippen LogP contribution in [0.3, 0.4) is 0 Å². The van der Waals surface area contributed by atoms with Crippen LogP contribution in [-0.2, 0) is 19.5 Å². The monoisotopic (exact) mass is 217 g/mol. The van der Waals surface area contributed by atoms with E-state index in [1.807, 2.05) is 0 Å². The van der Waals surface area contributed by atoms with Gasteiger partial charge in [0.1, 0.15) is 0 Å². The molecular formula is C8H11NO4S. The molecule has 1 unspecified atom stereocenters. The van der Waals surface area contributed by atoms with E-state index in [9.17, 15) is 8.42 Å². The van der Waals surface area contributed by atoms with E-state index in [2.05, 4.69) is 4.40 Å². The molecule has 1 atom stereocenters. The highest BCUT2D eigenvalue weighted by Gasteiger charge is 2.19. The summed E-state index contributed by atoms with van der Waals surface area (Å²) < 4.78 is 35.4. The van der Waals surface area contributed by atoms with Gasteiger partial charge in [0.05, 0.1) is 24.8 Å². The molecule has 2 heterocycles. The first kappa shape index (κ1) is 9.67. The molecule has 2 rings (SSSR count). The van der Waals surface area contributed by atoms with Crippen molar-refractivity contribution < 1.29 is 17.9 Å². The second-order valence-corrected chi connectivity index (χ2v) is 4.79. The number of nitrogens with zero attached hydrogens (tertiary/aromatic N) is 1. The first-order chi connectivity index (χ1) is 6.66. The summed E-state index contributed by atoms with van der Waals surface area (Å²) in [6, 6.07) is 0. The smallest absolute Gasteiger partial charge is 0.279 e. The van der Waals surface area contributed by atoms with E-state index < -0.39 is 10.0 Å². The van der Waals surface area contributed by atoms with Crippen LogP contribution in [0.5, 0.6) is 0 Å². The summed E-state index contributed by atoms with van der Waals surface area (Å²) >= 11 is 0. The third-order valence-corrected chi connectivity index (χ3v) is 3.03. The van der Waals surface area contributed by atoms with Crippen LogP contribution in [0.4, 0.5) is 0 Å². The molecule has 5 nitrogen and oxygen atoms in total. The molecular weight excluding hydrogens is 206 g/mol. The molecule has 0 radical (unpaired) electrons. The average molecular weight is 217 g/mol. The number of hydrogen-bond donors (Lipinski definition) is 0. The van der Waals surface area contributed by atoms with E-state index >= 15 is 0 Å². The third kappa shape index (κ3) is 2.33. The predicted molar refractivity (Wildman–Crippen MR) is 50.4 cm³/mol. The van der Waals surface area contributed by atoms with E-state index in [0.717, 1.165) is 18.4 Å². The normalized spacial score (nSPS) is 29.1. The van der Waals surface area contributed by atoms with E-state index in [-0.39, 0.29) is 0 Å². The van der Waals surface area contributed by atoms with Gasteiger partial charge in [0, 0.05) is 12.5 Å². The van der Waals surface area contributed by atoms with Crippen LogP contribution in [0.1, 0.15) is 6.42 Å². The van der Waals surface area contributed by atoms with Gasteiger partial charge in [0.15, 0.2) is 5.76 Å². The second-order valence-electron chi connectivity index (χ2n) is 3.31. The van der Waals surface area contributed by atoms with Crippen molar-refractivity contribution in [3.05, 3.63) is 11.2 Å². The Bertz CT molecular complexity index is 365. The van der Waals surface area contributed by atoms with Crippen molar-refractivity contribution in [2.24, 2.45) is 10.3 Å². The summed E-state index contributed by atoms with van der Waals surface area (Å²) in [6.45, 7) is 1.95. The fourth-order valence-electron chi connectivity index (χ4n) is 1.33. The van der Waals surface area contributed by atoms with E-state index in [1.54, 1.807) is 0 Å². The highest BCUT2D eigenvalue weighted by Crippen LogP contribution is 2.16. The van der Waals surface area contributed by atoms with Gasteiger partial charge in [-0.2, -0.15) is 12.8 Å². The SMILES string of the molecule is O=S1(=O)C=C(OCC2CCOC2)C=N1. The molecule has 0 aromatic heterocycles. The number of ether oxygens (including phenoxy) is 2. The molecule has 0 bridgehead atoms. The van der Waals surface area contributed by atoms with E-state index in [0.29, 0.717) is 24.9 Å². The minimum Gasteiger partial charge on any atom is -0.491 e. The first-order valence-electron chi connectivity index (χ1n) is 4.38. The number of rotatable bonds is 3. The van der Waals surface area contributed by atoms with Gasteiger partial charge < -0.3 is 9.47 Å². The molecule has 78 valence electrons. The van der Waals surface area contributed by atoms with Gasteiger partial charge in [-0.3, -0.25) is 0 Å². The zero-order valence-corrected chi connectivity index (χ0v) is 8.37. The summed E-state index contributed by atoms with van der Waals surface area (Å²) in [5.74, 6) is 0.685. The fraction of sp³-hybridized carbons (Fsp3) is 0.625. The molecule has 2 aliphatic heterocycles. The lowest BCUT2D eigenvalue weighted by molar-refractivity contribution is 0.145. The van der Waals surface area contributed by atoms with Gasteiger partial charge in [0.2, 0.25) is 0 Å². The van der Waals surface area contributed by atoms with E-state index in [1.165, 1.54) is 6.21 Å². The maximum atomic E-state index is 10.9. The molecule has 1 fully saturated rings. The van der Waals surface area contributed by atoms with Gasteiger partial charge in [-0.15, -0.1) is 0 Å². The number of allylic oxidation sites excluding steroid dienone is 1. The Hall–Kier alpha value is -0.880. The Labute approximate surface area is 82.5 Å². The van der Waals surface area contributed by atoms with Crippen LogP contribution in [0.25, 0.3) is 0 Å². The minimum absolute atomic E-state index is 0.317. The molecule has 2 aliphatic rings. The topological polar surface area (TPSA) is 65.0 Å². The molecule has 0 spiro atoms. The van der Waals surface area contributed by atoms with Crippen molar-refractivity contribution in [3.63, 3.8) is 0 Å². The minimum atomic E-state index is -3.39. The summed E-state index contributed by atoms with van der Waals surface area (Å²) in [6.07, 6.45) is 2.20. The average Bonchev–Trinajstić information content (AvgIpc) is 2.70. The zero-order chi connectivity index (χ0) is 10.0. The van der Waals surface area contributed by atoms with Crippen molar-refractivity contribution in [2.75, 3.05) is 19.8 Å². The quantitative estimate of drug-likeness (QED) is 0.681. The van der Waals surface area contributed by atoms with Gasteiger partial charge >= 0.3 is 0 Å². The maximum Gasteiger partial charge on any atom is 0.279 e. The summed E-state index contributed by atoms with van der Waals surface area (Å²) in [5.41, 5.74) is 0. The molecule has 0 N–H and O–H groups in total. The molecule has 0 saturated carbocycles. The molecule has 0 amide bonds. The van der Waals surface area contributed by atoms with Crippen molar-refractivity contribution >= 4 is 16.2 Å². The highest BCUT2D eigenvalue weighted by atomic mass is 32.2. The van der Waals surface area contributed by atoms with Crippen molar-refractivity contribution in [3.8, 4) is 0 Å². The molecule has 6 heteroatoms. The Morgan fingerprint density at radius 3 is 3.07 bits per heavy atom. The van der Waals surface area contributed by atoms with Crippen LogP contribution >= 0.6 is 0 Å². The highest BCUT2D eigenvalue weighted by molar-refractivity contribution is 7.93. The van der Waals surface area contributed by atoms with Gasteiger partial charge in [0.25, 0.3) is 10.0 Å². The summed E-state index contributed by atoms with van der Waals surface area (Å²) in [5, 5.41) is 1.03. The fourth-order valence-corrected chi connectivity index (χ4v) is 2.07. The van der Waals surface area contributed by atoms with Gasteiger partial charge in [-0.1, -0.05) is 0 Å². The second kappa shape index (κ2) is 3.70. The van der Waals surface area contributed by atoms with Crippen LogP contribution in [0.15, 0.2) is 15.6 Å². The molecule has 1 saturated heterocycles. The van der Waals surface area contributed by atoms with Crippen molar-refractivity contribution in [2.45, 2.75) is 6.42 Å². The molecule has 14 heavy (non-hydrogen) atoms. The molecule has 0 aromatic rings. The van der Waals surface area contributed by atoms with Crippen LogP contribution < -0.4 is 0 Å². The van der Waals surface area contributed by atoms with Crippen LogP contribution in [0.2, 0.25) is 0 Å². The Morgan fingerprint density at radius 2 is 2.50 bits per heavy atom. The molecule has 0 aliphatic carbocycles. The number of hydrogen-bond acceptors (Lipinski definition) is 4. The predicted octanol–water partition coefficient (Wildman–Crippen LogP) is 0.295. The third-order valence-electron chi connectivity index (χ3n) is 2.10. The first-order valence-corrected chi connectivity index (χ1v) is 5.89. The Balaban J connectivity index is 1.85. The standard InChI is InChI=1S/C8H11NO4S/c10-14(11)6-8(3-9-14)13-5-7-1-2-12-4-7/h3,6-7H,1-2,4-5H2. The van der Waals surface area contributed by atoms with Crippen LogP contribution in [0, 0.1) is 5.92 Å². The largest absolute Gasteiger partial charge is 0.491 e. The van der Waals surface area contributed by atoms with Crippen molar-refractivity contribution in [1.29, 1.82) is 0 Å². The maximum absolute atomic E-state index is 10.9.